The first kappa shape index (κ1) is 10.8. The van der Waals surface area contributed by atoms with E-state index in [9.17, 15) is 0 Å². The zero-order valence-corrected chi connectivity index (χ0v) is 9.63. The first-order valence-corrected chi connectivity index (χ1v) is 5.74. The number of halogens is 1. The summed E-state index contributed by atoms with van der Waals surface area (Å²) in [7, 11) is 0. The van der Waals surface area contributed by atoms with Crippen molar-refractivity contribution in [2.45, 2.75) is 31.7 Å². The maximum atomic E-state index is 6.00. The summed E-state index contributed by atoms with van der Waals surface area (Å²) in [5, 5.41) is 0.755. The highest BCUT2D eigenvalue weighted by Gasteiger charge is 2.22. The van der Waals surface area contributed by atoms with Gasteiger partial charge in [0.15, 0.2) is 0 Å². The minimum atomic E-state index is 0.143. The van der Waals surface area contributed by atoms with E-state index in [0.717, 1.165) is 35.8 Å². The molecule has 2 nitrogen and oxygen atoms in total. The van der Waals surface area contributed by atoms with Crippen LogP contribution in [0.2, 0.25) is 5.02 Å². The fourth-order valence-corrected chi connectivity index (χ4v) is 2.31. The molecule has 0 amide bonds. The van der Waals surface area contributed by atoms with Gasteiger partial charge in [0.05, 0.1) is 6.61 Å². The second-order valence-electron chi connectivity index (χ2n) is 4.14. The number of hydrogen-bond donors (Lipinski definition) is 1. The van der Waals surface area contributed by atoms with Crippen molar-refractivity contribution in [3.63, 3.8) is 0 Å². The Kier molecular flexibility index (Phi) is 3.17. The number of benzene rings is 1. The van der Waals surface area contributed by atoms with E-state index in [2.05, 4.69) is 0 Å². The van der Waals surface area contributed by atoms with E-state index in [1.165, 1.54) is 0 Å². The van der Waals surface area contributed by atoms with Crippen LogP contribution in [-0.2, 0) is 0 Å². The van der Waals surface area contributed by atoms with E-state index in [1.807, 2.05) is 25.1 Å². The first-order valence-electron chi connectivity index (χ1n) is 5.36. The number of rotatable bonds is 1. The summed E-state index contributed by atoms with van der Waals surface area (Å²) in [5.41, 5.74) is 7.16. The molecule has 2 rings (SSSR count). The Balaban J connectivity index is 2.42. The molecule has 0 radical (unpaired) electrons. The highest BCUT2D eigenvalue weighted by Crippen LogP contribution is 2.36. The molecule has 2 atom stereocenters. The molecule has 0 bridgehead atoms. The summed E-state index contributed by atoms with van der Waals surface area (Å²) in [6, 6.07) is 5.93. The maximum absolute atomic E-state index is 6.00. The molecule has 0 fully saturated rings. The lowest BCUT2D eigenvalue weighted by Gasteiger charge is -2.20. The molecule has 0 saturated carbocycles. The molecule has 0 spiro atoms. The van der Waals surface area contributed by atoms with Gasteiger partial charge in [0, 0.05) is 22.5 Å². The third-order valence-corrected chi connectivity index (χ3v) is 3.16. The zero-order valence-electron chi connectivity index (χ0n) is 8.87. The first-order chi connectivity index (χ1) is 7.18. The molecule has 1 heterocycles. The lowest BCUT2D eigenvalue weighted by Crippen LogP contribution is -2.24. The predicted octanol–water partition coefficient (Wildman–Crippen LogP) is 2.94. The maximum Gasteiger partial charge on any atom is 0.122 e. The summed E-state index contributed by atoms with van der Waals surface area (Å²) in [5.74, 6) is 1.31. The van der Waals surface area contributed by atoms with Crippen LogP contribution in [-0.4, -0.2) is 12.6 Å². The molecule has 1 aliphatic heterocycles. The van der Waals surface area contributed by atoms with Crippen LogP contribution in [0.15, 0.2) is 18.2 Å². The van der Waals surface area contributed by atoms with Crippen molar-refractivity contribution in [1.82, 2.24) is 0 Å². The number of nitrogens with two attached hydrogens (primary N) is 1. The summed E-state index contributed by atoms with van der Waals surface area (Å²) in [6.45, 7) is 2.82. The summed E-state index contributed by atoms with van der Waals surface area (Å²) in [4.78, 5) is 0. The summed E-state index contributed by atoms with van der Waals surface area (Å²) in [6.07, 6.45) is 2.13. The van der Waals surface area contributed by atoms with Gasteiger partial charge in [0.25, 0.3) is 0 Å². The number of ether oxygens (including phenoxy) is 1. The molecule has 0 aromatic heterocycles. The normalized spacial score (nSPS) is 22.5. The van der Waals surface area contributed by atoms with Gasteiger partial charge in [0.2, 0.25) is 0 Å². The molecule has 15 heavy (non-hydrogen) atoms. The molecule has 1 aliphatic rings. The van der Waals surface area contributed by atoms with Gasteiger partial charge in [-0.1, -0.05) is 11.6 Å². The fraction of sp³-hybridized carbons (Fsp3) is 0.500. The van der Waals surface area contributed by atoms with Gasteiger partial charge in [0.1, 0.15) is 5.75 Å². The Hall–Kier alpha value is -0.730. The monoisotopic (exact) mass is 225 g/mol. The molecular weight excluding hydrogens is 210 g/mol. The van der Waals surface area contributed by atoms with Crippen molar-refractivity contribution in [1.29, 1.82) is 0 Å². The Morgan fingerprint density at radius 3 is 3.07 bits per heavy atom. The predicted molar refractivity (Wildman–Crippen MR) is 62.6 cm³/mol. The van der Waals surface area contributed by atoms with E-state index in [1.54, 1.807) is 0 Å². The summed E-state index contributed by atoms with van der Waals surface area (Å²) < 4.78 is 5.67. The highest BCUT2D eigenvalue weighted by molar-refractivity contribution is 6.30. The van der Waals surface area contributed by atoms with Gasteiger partial charge in [-0.25, -0.2) is 0 Å². The van der Waals surface area contributed by atoms with Gasteiger partial charge in [-0.3, -0.25) is 0 Å². The average Bonchev–Trinajstić information content (AvgIpc) is 2.39. The van der Waals surface area contributed by atoms with Gasteiger partial charge in [-0.15, -0.1) is 0 Å². The molecule has 82 valence electrons. The number of hydrogen-bond acceptors (Lipinski definition) is 2. The van der Waals surface area contributed by atoms with Crippen LogP contribution in [0.3, 0.4) is 0 Å². The molecule has 2 N–H and O–H groups in total. The second kappa shape index (κ2) is 4.42. The minimum Gasteiger partial charge on any atom is -0.493 e. The molecule has 0 aliphatic carbocycles. The van der Waals surface area contributed by atoms with Crippen LogP contribution in [0.5, 0.6) is 5.75 Å². The van der Waals surface area contributed by atoms with Gasteiger partial charge < -0.3 is 10.5 Å². The van der Waals surface area contributed by atoms with Crippen molar-refractivity contribution in [2.24, 2.45) is 5.73 Å². The van der Waals surface area contributed by atoms with Crippen molar-refractivity contribution in [3.8, 4) is 5.75 Å². The highest BCUT2D eigenvalue weighted by atomic mass is 35.5. The third-order valence-electron chi connectivity index (χ3n) is 2.92. The topological polar surface area (TPSA) is 35.2 Å². The van der Waals surface area contributed by atoms with Gasteiger partial charge >= 0.3 is 0 Å². The zero-order chi connectivity index (χ0) is 10.8. The number of fused-ring (bicyclic) bond motifs is 1. The van der Waals surface area contributed by atoms with Crippen molar-refractivity contribution >= 4 is 11.6 Å². The standard InChI is InChI=1S/C12H16ClNO/c1-8(14)10-3-2-6-15-12-5-4-9(13)7-11(10)12/h4-5,7-8,10H,2-3,6,14H2,1H3. The Morgan fingerprint density at radius 2 is 2.33 bits per heavy atom. The van der Waals surface area contributed by atoms with Crippen molar-refractivity contribution in [2.75, 3.05) is 6.61 Å². The lowest BCUT2D eigenvalue weighted by molar-refractivity contribution is 0.315. The quantitative estimate of drug-likeness (QED) is 0.798. The Labute approximate surface area is 95.4 Å². The van der Waals surface area contributed by atoms with Gasteiger partial charge in [-0.05, 0) is 38.0 Å². The molecule has 3 heteroatoms. The summed E-state index contributed by atoms with van der Waals surface area (Å²) >= 11 is 6.00. The van der Waals surface area contributed by atoms with Crippen LogP contribution in [0, 0.1) is 0 Å². The second-order valence-corrected chi connectivity index (χ2v) is 4.57. The Morgan fingerprint density at radius 1 is 1.53 bits per heavy atom. The smallest absolute Gasteiger partial charge is 0.122 e. The van der Waals surface area contributed by atoms with E-state index in [0.29, 0.717) is 5.92 Å². The van der Waals surface area contributed by atoms with Gasteiger partial charge in [-0.2, -0.15) is 0 Å². The van der Waals surface area contributed by atoms with Crippen molar-refractivity contribution in [3.05, 3.63) is 28.8 Å². The van der Waals surface area contributed by atoms with E-state index in [-0.39, 0.29) is 6.04 Å². The van der Waals surface area contributed by atoms with E-state index >= 15 is 0 Å². The van der Waals surface area contributed by atoms with Crippen molar-refractivity contribution < 1.29 is 4.74 Å². The third kappa shape index (κ3) is 2.27. The van der Waals surface area contributed by atoms with Crippen LogP contribution < -0.4 is 10.5 Å². The van der Waals surface area contributed by atoms with Crippen LogP contribution >= 0.6 is 11.6 Å². The minimum absolute atomic E-state index is 0.143. The molecule has 1 aromatic rings. The Bertz CT molecular complexity index is 351. The molecule has 1 aromatic carbocycles. The van der Waals surface area contributed by atoms with Crippen LogP contribution in [0.1, 0.15) is 31.2 Å². The SMILES string of the molecule is CC(N)C1CCCOc2ccc(Cl)cc21. The fourth-order valence-electron chi connectivity index (χ4n) is 2.13. The van der Waals surface area contributed by atoms with Crippen LogP contribution in [0.25, 0.3) is 0 Å². The van der Waals surface area contributed by atoms with E-state index < -0.39 is 0 Å². The lowest BCUT2D eigenvalue weighted by atomic mass is 9.89. The van der Waals surface area contributed by atoms with Crippen LogP contribution in [0.4, 0.5) is 0 Å². The van der Waals surface area contributed by atoms with E-state index in [4.69, 9.17) is 22.1 Å². The molecule has 0 saturated heterocycles. The largest absolute Gasteiger partial charge is 0.493 e. The average molecular weight is 226 g/mol. The molecule has 2 unspecified atom stereocenters. The molecular formula is C12H16ClNO.